The molecule has 3 saturated heterocycles. The summed E-state index contributed by atoms with van der Waals surface area (Å²) in [7, 11) is 0. The van der Waals surface area contributed by atoms with Crippen LogP contribution >= 0.6 is 11.8 Å². The lowest BCUT2D eigenvalue weighted by molar-refractivity contribution is -0.139. The number of carbonyl (C=O) groups is 3. The second-order valence-electron chi connectivity index (χ2n) is 10.6. The fraction of sp³-hybridized carbons (Fsp3) is 0.667. The molecule has 3 amide bonds. The van der Waals surface area contributed by atoms with Crippen LogP contribution in [0.4, 0.5) is 5.69 Å². The molecule has 0 saturated carbocycles. The molecule has 0 aliphatic carbocycles. The van der Waals surface area contributed by atoms with Crippen LogP contribution < -0.4 is 10.6 Å². The van der Waals surface area contributed by atoms with E-state index in [4.69, 9.17) is 5.11 Å². The molecule has 1 spiro atoms. The Morgan fingerprint density at radius 2 is 1.91 bits per heavy atom. The summed E-state index contributed by atoms with van der Waals surface area (Å²) in [6.45, 7) is 6.79. The van der Waals surface area contributed by atoms with Crippen LogP contribution in [0.15, 0.2) is 30.3 Å². The lowest BCUT2D eigenvalue weighted by atomic mass is 9.66. The zero-order valence-electron chi connectivity index (χ0n) is 21.1. The molecule has 3 fully saturated rings. The van der Waals surface area contributed by atoms with E-state index in [1.807, 2.05) is 37.3 Å². The van der Waals surface area contributed by atoms with Crippen LogP contribution in [-0.2, 0) is 14.4 Å². The molecule has 0 radical (unpaired) electrons. The van der Waals surface area contributed by atoms with Crippen LogP contribution in [0.5, 0.6) is 0 Å². The molecule has 1 aromatic carbocycles. The summed E-state index contributed by atoms with van der Waals surface area (Å²) < 4.78 is -0.965. The number of likely N-dealkylation sites (tertiary alicyclic amines) is 1. The molecule has 3 N–H and O–H groups in total. The van der Waals surface area contributed by atoms with Gasteiger partial charge in [-0.25, -0.2) is 0 Å². The number of hydrogen-bond donors (Lipinski definition) is 3. The standard InChI is InChI=1S/C27H39N3O4S/c1-4-11-18(2)28-24(33)22-27-15-14-26(3,35-27)20(23(32)29-19-12-7-5-8-13-19)21(27)25(34)30(22)16-9-6-10-17-31/h5,7-8,12-13,18,20-22,31H,4,6,9-11,14-17H2,1-3H3,(H,28,33)(H,29,32)/t18?,20-,21-,22?,26+,27?/m0/s1. The van der Waals surface area contributed by atoms with Crippen molar-refractivity contribution in [3.05, 3.63) is 30.3 Å². The molecule has 6 atom stereocenters. The number of aliphatic hydroxyl groups excluding tert-OH is 1. The Bertz CT molecular complexity index is 944. The maximum Gasteiger partial charge on any atom is 0.244 e. The van der Waals surface area contributed by atoms with Crippen LogP contribution in [0, 0.1) is 11.8 Å². The predicted octanol–water partition coefficient (Wildman–Crippen LogP) is 3.57. The van der Waals surface area contributed by atoms with E-state index in [-0.39, 0.29) is 35.1 Å². The number of hydrogen-bond acceptors (Lipinski definition) is 5. The Labute approximate surface area is 212 Å². The molecule has 3 heterocycles. The first-order valence-electron chi connectivity index (χ1n) is 13.0. The van der Waals surface area contributed by atoms with Gasteiger partial charge in [0.05, 0.1) is 16.6 Å². The summed E-state index contributed by atoms with van der Waals surface area (Å²) in [6.07, 6.45) is 5.61. The van der Waals surface area contributed by atoms with E-state index >= 15 is 0 Å². The summed E-state index contributed by atoms with van der Waals surface area (Å²) in [5, 5.41) is 15.4. The number of amides is 3. The number of nitrogens with zero attached hydrogens (tertiary/aromatic N) is 1. The van der Waals surface area contributed by atoms with E-state index in [9.17, 15) is 14.4 Å². The fourth-order valence-electron chi connectivity index (χ4n) is 6.51. The summed E-state index contributed by atoms with van der Waals surface area (Å²) in [5.74, 6) is -1.29. The Hall–Kier alpha value is -2.06. The van der Waals surface area contributed by atoms with Crippen molar-refractivity contribution in [2.24, 2.45) is 11.8 Å². The van der Waals surface area contributed by atoms with Gasteiger partial charge in [-0.15, -0.1) is 11.8 Å². The van der Waals surface area contributed by atoms with Crippen molar-refractivity contribution < 1.29 is 19.5 Å². The molecule has 3 aliphatic rings. The third-order valence-corrected chi connectivity index (χ3v) is 10.0. The third kappa shape index (κ3) is 4.71. The Morgan fingerprint density at radius 3 is 2.60 bits per heavy atom. The maximum absolute atomic E-state index is 14.0. The number of aliphatic hydroxyl groups is 1. The van der Waals surface area contributed by atoms with E-state index in [0.717, 1.165) is 44.2 Å². The molecule has 4 rings (SSSR count). The van der Waals surface area contributed by atoms with Crippen molar-refractivity contribution in [2.75, 3.05) is 18.5 Å². The van der Waals surface area contributed by atoms with Crippen LogP contribution in [0.2, 0.25) is 0 Å². The van der Waals surface area contributed by atoms with Crippen LogP contribution in [0.3, 0.4) is 0 Å². The molecule has 7 nitrogen and oxygen atoms in total. The smallest absolute Gasteiger partial charge is 0.244 e. The topological polar surface area (TPSA) is 98.7 Å². The van der Waals surface area contributed by atoms with Gasteiger partial charge >= 0.3 is 0 Å². The maximum atomic E-state index is 14.0. The number of para-hydroxylation sites is 1. The highest BCUT2D eigenvalue weighted by Gasteiger charge is 2.77. The van der Waals surface area contributed by atoms with Gasteiger partial charge in [0, 0.05) is 29.6 Å². The Balaban J connectivity index is 1.64. The number of carbonyl (C=O) groups excluding carboxylic acids is 3. The SMILES string of the molecule is CCCC(C)NC(=O)C1N(CCCCCO)C(=O)[C@@H]2[C@@H](C(=O)Nc3ccccc3)[C@@]3(C)CCC12S3. The van der Waals surface area contributed by atoms with Gasteiger partial charge in [-0.05, 0) is 64.5 Å². The average molecular weight is 502 g/mol. The molecular formula is C27H39N3O4S. The van der Waals surface area contributed by atoms with Crippen LogP contribution in [-0.4, -0.2) is 62.5 Å². The first-order chi connectivity index (χ1) is 16.8. The number of nitrogens with one attached hydrogen (secondary N) is 2. The summed E-state index contributed by atoms with van der Waals surface area (Å²) >= 11 is 1.70. The van der Waals surface area contributed by atoms with E-state index in [0.29, 0.717) is 13.0 Å². The Kier molecular flexibility index (Phi) is 7.81. The van der Waals surface area contributed by atoms with Crippen LogP contribution in [0.25, 0.3) is 0 Å². The van der Waals surface area contributed by atoms with Gasteiger partial charge in [0.15, 0.2) is 0 Å². The highest BCUT2D eigenvalue weighted by atomic mass is 32.2. The first kappa shape index (κ1) is 26.0. The second-order valence-corrected chi connectivity index (χ2v) is 12.5. The van der Waals surface area contributed by atoms with Gasteiger partial charge in [-0.1, -0.05) is 31.5 Å². The minimum atomic E-state index is -0.586. The highest BCUT2D eigenvalue weighted by Crippen LogP contribution is 2.71. The van der Waals surface area contributed by atoms with Gasteiger partial charge in [-0.3, -0.25) is 14.4 Å². The second kappa shape index (κ2) is 10.5. The predicted molar refractivity (Wildman–Crippen MR) is 139 cm³/mol. The molecule has 35 heavy (non-hydrogen) atoms. The van der Waals surface area contributed by atoms with Crippen molar-refractivity contribution in [1.82, 2.24) is 10.2 Å². The molecule has 2 bridgehead atoms. The van der Waals surface area contributed by atoms with Crippen LogP contribution in [0.1, 0.15) is 65.7 Å². The first-order valence-corrected chi connectivity index (χ1v) is 13.9. The molecule has 3 aliphatic heterocycles. The normalized spacial score (nSPS) is 31.9. The molecule has 3 unspecified atom stereocenters. The number of rotatable bonds is 11. The van der Waals surface area contributed by atoms with Crippen molar-refractivity contribution in [1.29, 1.82) is 0 Å². The largest absolute Gasteiger partial charge is 0.396 e. The van der Waals surface area contributed by atoms with Gasteiger partial charge in [0.25, 0.3) is 0 Å². The molecular weight excluding hydrogens is 462 g/mol. The molecule has 0 aromatic heterocycles. The number of benzene rings is 1. The number of fused-ring (bicyclic) bond motifs is 1. The zero-order valence-corrected chi connectivity index (χ0v) is 21.9. The zero-order chi connectivity index (χ0) is 25.2. The highest BCUT2D eigenvalue weighted by molar-refractivity contribution is 8.02. The average Bonchev–Trinajstić information content (AvgIpc) is 3.38. The van der Waals surface area contributed by atoms with Gasteiger partial charge < -0.3 is 20.6 Å². The minimum absolute atomic E-state index is 0.0330. The van der Waals surface area contributed by atoms with E-state index in [1.165, 1.54) is 0 Å². The van der Waals surface area contributed by atoms with Crippen molar-refractivity contribution in [3.8, 4) is 0 Å². The summed E-state index contributed by atoms with van der Waals surface area (Å²) in [6, 6.07) is 8.82. The summed E-state index contributed by atoms with van der Waals surface area (Å²) in [5.41, 5.74) is 0.719. The number of anilines is 1. The fourth-order valence-corrected chi connectivity index (χ4v) is 8.86. The van der Waals surface area contributed by atoms with Crippen molar-refractivity contribution in [3.63, 3.8) is 0 Å². The van der Waals surface area contributed by atoms with E-state index in [1.54, 1.807) is 16.7 Å². The lowest BCUT2D eigenvalue weighted by Crippen LogP contribution is -2.55. The third-order valence-electron chi connectivity index (χ3n) is 8.02. The van der Waals surface area contributed by atoms with Crippen molar-refractivity contribution in [2.45, 2.75) is 87.3 Å². The quantitative estimate of drug-likeness (QED) is 0.403. The molecule has 8 heteroatoms. The summed E-state index contributed by atoms with van der Waals surface area (Å²) in [4.78, 5) is 43.1. The van der Waals surface area contributed by atoms with E-state index in [2.05, 4.69) is 24.5 Å². The molecule has 192 valence electrons. The number of thioether (sulfide) groups is 1. The Morgan fingerprint density at radius 1 is 1.17 bits per heavy atom. The molecule has 1 aromatic rings. The van der Waals surface area contributed by atoms with E-state index < -0.39 is 22.6 Å². The van der Waals surface area contributed by atoms with Crippen molar-refractivity contribution >= 4 is 35.2 Å². The van der Waals surface area contributed by atoms with Gasteiger partial charge in [-0.2, -0.15) is 0 Å². The minimum Gasteiger partial charge on any atom is -0.396 e. The monoisotopic (exact) mass is 501 g/mol. The lowest BCUT2D eigenvalue weighted by Gasteiger charge is -2.35. The van der Waals surface area contributed by atoms with Gasteiger partial charge in [0.1, 0.15) is 6.04 Å². The number of unbranched alkanes of at least 4 members (excludes halogenated alkanes) is 2. The van der Waals surface area contributed by atoms with Gasteiger partial charge in [0.2, 0.25) is 17.7 Å².